The van der Waals surface area contributed by atoms with Gasteiger partial charge in [-0.1, -0.05) is 30.3 Å². The smallest absolute Gasteiger partial charge is 0.435 e. The van der Waals surface area contributed by atoms with Crippen molar-refractivity contribution in [2.24, 2.45) is 0 Å². The van der Waals surface area contributed by atoms with Crippen LogP contribution < -0.4 is 0 Å². The lowest BCUT2D eigenvalue weighted by molar-refractivity contribution is -0.142. The van der Waals surface area contributed by atoms with Crippen molar-refractivity contribution in [3.63, 3.8) is 0 Å². The summed E-state index contributed by atoms with van der Waals surface area (Å²) in [6.45, 7) is 5.81. The Kier molecular flexibility index (Phi) is 5.41. The molecule has 1 aromatic carbocycles. The van der Waals surface area contributed by atoms with E-state index in [0.29, 0.717) is 18.7 Å². The molecular formula is C20H24F3N3O2. The number of carbonyl (C=O) groups excluding carboxylic acids is 1. The Labute approximate surface area is 162 Å². The van der Waals surface area contributed by atoms with E-state index < -0.39 is 23.6 Å². The molecule has 0 saturated heterocycles. The molecule has 0 bridgehead atoms. The second kappa shape index (κ2) is 7.48. The van der Waals surface area contributed by atoms with Gasteiger partial charge >= 0.3 is 12.3 Å². The maximum atomic E-state index is 13.4. The first-order chi connectivity index (χ1) is 13.0. The molecule has 0 radical (unpaired) electrons. The third-order valence-corrected chi connectivity index (χ3v) is 4.51. The molecular weight excluding hydrogens is 371 g/mol. The lowest BCUT2D eigenvalue weighted by atomic mass is 10.0. The number of hydrogen-bond acceptors (Lipinski definition) is 3. The molecule has 0 fully saturated rings. The number of aryl methyl sites for hydroxylation is 2. The molecule has 28 heavy (non-hydrogen) atoms. The van der Waals surface area contributed by atoms with Crippen molar-refractivity contribution >= 4 is 6.09 Å². The quantitative estimate of drug-likeness (QED) is 0.772. The van der Waals surface area contributed by atoms with Crippen LogP contribution in [0.3, 0.4) is 0 Å². The number of nitrogens with zero attached hydrogens (tertiary/aromatic N) is 3. The van der Waals surface area contributed by atoms with Gasteiger partial charge in [0.05, 0.1) is 12.2 Å². The molecule has 0 unspecified atom stereocenters. The molecule has 5 nitrogen and oxygen atoms in total. The molecule has 0 spiro atoms. The van der Waals surface area contributed by atoms with Crippen molar-refractivity contribution in [1.82, 2.24) is 14.7 Å². The van der Waals surface area contributed by atoms with E-state index in [9.17, 15) is 18.0 Å². The Hall–Kier alpha value is -2.51. The summed E-state index contributed by atoms with van der Waals surface area (Å²) in [5, 5.41) is 3.86. The first-order valence-electron chi connectivity index (χ1n) is 9.22. The van der Waals surface area contributed by atoms with Gasteiger partial charge < -0.3 is 9.64 Å². The molecule has 1 aliphatic heterocycles. The van der Waals surface area contributed by atoms with Crippen LogP contribution in [0.4, 0.5) is 18.0 Å². The molecule has 0 saturated carbocycles. The van der Waals surface area contributed by atoms with E-state index in [2.05, 4.69) is 5.10 Å². The molecule has 152 valence electrons. The van der Waals surface area contributed by atoms with Gasteiger partial charge in [0.2, 0.25) is 0 Å². The van der Waals surface area contributed by atoms with Crippen molar-refractivity contribution < 1.29 is 22.7 Å². The first-order valence-corrected chi connectivity index (χ1v) is 9.22. The Morgan fingerprint density at radius 2 is 1.86 bits per heavy atom. The lowest BCUT2D eigenvalue weighted by Crippen LogP contribution is -2.40. The predicted molar refractivity (Wildman–Crippen MR) is 97.7 cm³/mol. The van der Waals surface area contributed by atoms with E-state index in [1.807, 2.05) is 30.3 Å². The van der Waals surface area contributed by atoms with Crippen molar-refractivity contribution in [3.05, 3.63) is 52.8 Å². The van der Waals surface area contributed by atoms with Gasteiger partial charge in [-0.15, -0.1) is 0 Å². The molecule has 0 atom stereocenters. The Bertz CT molecular complexity index is 839. The van der Waals surface area contributed by atoms with Gasteiger partial charge in [0, 0.05) is 18.7 Å². The summed E-state index contributed by atoms with van der Waals surface area (Å²) in [4.78, 5) is 13.8. The first kappa shape index (κ1) is 20.2. The number of benzene rings is 1. The predicted octanol–water partition coefficient (Wildman–Crippen LogP) is 4.44. The van der Waals surface area contributed by atoms with E-state index in [0.717, 1.165) is 5.56 Å². The van der Waals surface area contributed by atoms with Crippen molar-refractivity contribution in [2.45, 2.75) is 58.5 Å². The lowest BCUT2D eigenvalue weighted by Gasteiger charge is -2.30. The summed E-state index contributed by atoms with van der Waals surface area (Å²) in [6, 6.07) is 9.51. The molecule has 8 heteroatoms. The zero-order chi connectivity index (χ0) is 20.5. The number of alkyl halides is 3. The van der Waals surface area contributed by atoms with Crippen LogP contribution in [0.5, 0.6) is 0 Å². The second-order valence-corrected chi connectivity index (χ2v) is 7.88. The van der Waals surface area contributed by atoms with Crippen LogP contribution in [-0.2, 0) is 36.8 Å². The maximum absolute atomic E-state index is 13.4. The summed E-state index contributed by atoms with van der Waals surface area (Å²) >= 11 is 0. The fourth-order valence-electron chi connectivity index (χ4n) is 3.25. The van der Waals surface area contributed by atoms with Gasteiger partial charge in [0.25, 0.3) is 0 Å². The van der Waals surface area contributed by atoms with Crippen LogP contribution in [0.2, 0.25) is 0 Å². The number of carbonyl (C=O) groups is 1. The Morgan fingerprint density at radius 1 is 1.18 bits per heavy atom. The maximum Gasteiger partial charge on any atom is 0.435 e. The monoisotopic (exact) mass is 395 g/mol. The summed E-state index contributed by atoms with van der Waals surface area (Å²) < 4.78 is 47.1. The van der Waals surface area contributed by atoms with E-state index in [4.69, 9.17) is 4.74 Å². The van der Waals surface area contributed by atoms with Gasteiger partial charge in [-0.2, -0.15) is 18.3 Å². The molecule has 0 N–H and O–H groups in total. The minimum atomic E-state index is -4.52. The van der Waals surface area contributed by atoms with E-state index in [1.54, 1.807) is 20.8 Å². The number of halogens is 3. The molecule has 2 heterocycles. The highest BCUT2D eigenvalue weighted by Gasteiger charge is 2.41. The average molecular weight is 395 g/mol. The topological polar surface area (TPSA) is 47.4 Å². The third-order valence-electron chi connectivity index (χ3n) is 4.51. The van der Waals surface area contributed by atoms with Crippen LogP contribution in [0.15, 0.2) is 30.3 Å². The molecule has 1 aliphatic rings. The second-order valence-electron chi connectivity index (χ2n) is 7.88. The van der Waals surface area contributed by atoms with Gasteiger partial charge in [0.1, 0.15) is 5.60 Å². The van der Waals surface area contributed by atoms with Crippen molar-refractivity contribution in [3.8, 4) is 0 Å². The zero-order valence-electron chi connectivity index (χ0n) is 16.2. The number of fused-ring (bicyclic) bond motifs is 1. The summed E-state index contributed by atoms with van der Waals surface area (Å²) in [7, 11) is 0. The Morgan fingerprint density at radius 3 is 2.46 bits per heavy atom. The number of ether oxygens (including phenoxy) is 1. The van der Waals surface area contributed by atoms with Crippen molar-refractivity contribution in [1.29, 1.82) is 0 Å². The van der Waals surface area contributed by atoms with Crippen LogP contribution in [0, 0.1) is 0 Å². The average Bonchev–Trinajstić information content (AvgIpc) is 2.97. The minimum absolute atomic E-state index is 0.0577. The number of hydrogen-bond donors (Lipinski definition) is 0. The fourth-order valence-corrected chi connectivity index (χ4v) is 3.25. The largest absolute Gasteiger partial charge is 0.444 e. The molecule has 2 aromatic rings. The normalized spacial score (nSPS) is 14.7. The van der Waals surface area contributed by atoms with Crippen LogP contribution in [-0.4, -0.2) is 32.9 Å². The summed E-state index contributed by atoms with van der Waals surface area (Å²) in [5.74, 6) is 0. The fraction of sp³-hybridized carbons (Fsp3) is 0.500. The van der Waals surface area contributed by atoms with E-state index >= 15 is 0 Å². The summed E-state index contributed by atoms with van der Waals surface area (Å²) in [6.07, 6.45) is -4.38. The van der Waals surface area contributed by atoms with Gasteiger partial charge in [0.15, 0.2) is 5.69 Å². The van der Waals surface area contributed by atoms with E-state index in [-0.39, 0.29) is 25.1 Å². The Balaban J connectivity index is 1.85. The highest BCUT2D eigenvalue weighted by molar-refractivity contribution is 5.68. The van der Waals surface area contributed by atoms with Gasteiger partial charge in [-0.05, 0) is 39.2 Å². The number of amides is 1. The molecule has 0 aliphatic carbocycles. The number of aromatic nitrogens is 2. The van der Waals surface area contributed by atoms with Gasteiger partial charge in [-0.25, -0.2) is 4.79 Å². The standard InChI is InChI=1S/C20H24F3N3O2/c1-19(2,3)28-18(27)25-11-10-15-16(13-25)26(24-17(15)20(21,22)23)12-9-14-7-5-4-6-8-14/h4-8H,9-13H2,1-3H3. The van der Waals surface area contributed by atoms with Gasteiger partial charge in [-0.3, -0.25) is 4.68 Å². The zero-order valence-corrected chi connectivity index (χ0v) is 16.2. The summed E-state index contributed by atoms with van der Waals surface area (Å²) in [5.41, 5.74) is 0.113. The third kappa shape index (κ3) is 4.66. The highest BCUT2D eigenvalue weighted by Crippen LogP contribution is 2.35. The molecule has 1 aromatic heterocycles. The highest BCUT2D eigenvalue weighted by atomic mass is 19.4. The van der Waals surface area contributed by atoms with E-state index in [1.165, 1.54) is 9.58 Å². The van der Waals surface area contributed by atoms with Crippen LogP contribution in [0.25, 0.3) is 0 Å². The minimum Gasteiger partial charge on any atom is -0.444 e. The van der Waals surface area contributed by atoms with Crippen LogP contribution >= 0.6 is 0 Å². The van der Waals surface area contributed by atoms with Crippen molar-refractivity contribution in [2.75, 3.05) is 6.54 Å². The SMILES string of the molecule is CC(C)(C)OC(=O)N1CCc2c(C(F)(F)F)nn(CCc3ccccc3)c2C1. The van der Waals surface area contributed by atoms with Crippen LogP contribution in [0.1, 0.15) is 43.3 Å². The molecule has 3 rings (SSSR count). The molecule has 1 amide bonds. The number of rotatable bonds is 3.